The van der Waals surface area contributed by atoms with Crippen molar-refractivity contribution < 1.29 is 4.79 Å². The van der Waals surface area contributed by atoms with Crippen molar-refractivity contribution in [1.82, 2.24) is 10.3 Å². The van der Waals surface area contributed by atoms with Gasteiger partial charge in [0.25, 0.3) is 5.91 Å². The number of pyridine rings is 1. The molecule has 24 heavy (non-hydrogen) atoms. The summed E-state index contributed by atoms with van der Waals surface area (Å²) < 4.78 is 0. The smallest absolute Gasteiger partial charge is 0.253 e. The molecule has 0 unspecified atom stereocenters. The van der Waals surface area contributed by atoms with Gasteiger partial charge in [0, 0.05) is 11.4 Å². The average Bonchev–Trinajstić information content (AvgIpc) is 2.53. The van der Waals surface area contributed by atoms with Crippen molar-refractivity contribution in [2.75, 3.05) is 0 Å². The lowest BCUT2D eigenvalue weighted by Gasteiger charge is -2.29. The molecule has 0 spiro atoms. The molecule has 1 N–H and O–H groups in total. The number of amides is 1. The van der Waals surface area contributed by atoms with Crippen LogP contribution in [0.3, 0.4) is 0 Å². The van der Waals surface area contributed by atoms with E-state index in [0.29, 0.717) is 11.0 Å². The quantitative estimate of drug-likeness (QED) is 0.867. The van der Waals surface area contributed by atoms with E-state index in [0.717, 1.165) is 35.9 Å². The van der Waals surface area contributed by atoms with E-state index in [9.17, 15) is 4.79 Å². The minimum atomic E-state index is -0.0380. The molecule has 0 radical (unpaired) electrons. The van der Waals surface area contributed by atoms with E-state index in [1.807, 2.05) is 44.2 Å². The molecule has 1 amide bonds. The van der Waals surface area contributed by atoms with Gasteiger partial charge in [-0.2, -0.15) is 0 Å². The van der Waals surface area contributed by atoms with Crippen LogP contribution >= 0.6 is 0 Å². The Kier molecular flexibility index (Phi) is 4.44. The first kappa shape index (κ1) is 16.7. The number of hydrogen-bond donors (Lipinski definition) is 1. The first-order valence-corrected chi connectivity index (χ1v) is 8.76. The van der Waals surface area contributed by atoms with E-state index < -0.39 is 0 Å². The minimum absolute atomic E-state index is 0.0380. The molecule has 126 valence electrons. The number of fused-ring (bicyclic) bond motifs is 1. The summed E-state index contributed by atoms with van der Waals surface area (Å²) in [6, 6.07) is 10.1. The summed E-state index contributed by atoms with van der Waals surface area (Å²) in [5, 5.41) is 4.02. The summed E-state index contributed by atoms with van der Waals surface area (Å²) in [6.45, 7) is 8.55. The van der Waals surface area contributed by atoms with Gasteiger partial charge in [-0.15, -0.1) is 0 Å². The van der Waals surface area contributed by atoms with Crippen molar-refractivity contribution >= 4 is 22.4 Å². The second-order valence-electron chi connectivity index (χ2n) is 7.80. The normalized spacial score (nSPS) is 17.0. The largest absolute Gasteiger partial charge is 0.350 e. The first-order valence-electron chi connectivity index (χ1n) is 8.76. The molecular formula is C21H26N2O. The van der Waals surface area contributed by atoms with Gasteiger partial charge in [-0.1, -0.05) is 38.1 Å². The van der Waals surface area contributed by atoms with Crippen LogP contribution in [0.25, 0.3) is 16.5 Å². The molecule has 0 bridgehead atoms. The van der Waals surface area contributed by atoms with E-state index in [1.54, 1.807) is 0 Å². The molecule has 0 saturated carbocycles. The van der Waals surface area contributed by atoms with Crippen LogP contribution in [0.5, 0.6) is 0 Å². The zero-order valence-corrected chi connectivity index (χ0v) is 15.0. The molecule has 1 aliphatic rings. The highest BCUT2D eigenvalue weighted by atomic mass is 16.1. The number of nitrogens with one attached hydrogen (secondary N) is 1. The van der Waals surface area contributed by atoms with E-state index in [2.05, 4.69) is 25.2 Å². The molecule has 3 heteroatoms. The predicted octanol–water partition coefficient (Wildman–Crippen LogP) is 4.97. The molecule has 3 rings (SSSR count). The Morgan fingerprint density at radius 3 is 2.67 bits per heavy atom. The van der Waals surface area contributed by atoms with Crippen molar-refractivity contribution in [1.29, 1.82) is 0 Å². The van der Waals surface area contributed by atoms with Gasteiger partial charge < -0.3 is 5.32 Å². The Balaban J connectivity index is 2.10. The number of nitrogens with zero attached hydrogens (tertiary/aromatic N) is 1. The molecule has 0 aliphatic heterocycles. The van der Waals surface area contributed by atoms with E-state index in [1.165, 1.54) is 5.57 Å². The van der Waals surface area contributed by atoms with E-state index >= 15 is 0 Å². The van der Waals surface area contributed by atoms with Crippen LogP contribution in [0.2, 0.25) is 0 Å². The molecule has 3 nitrogen and oxygen atoms in total. The van der Waals surface area contributed by atoms with Crippen molar-refractivity contribution in [3.8, 4) is 0 Å². The highest BCUT2D eigenvalue weighted by molar-refractivity contribution is 6.02. The van der Waals surface area contributed by atoms with Crippen molar-refractivity contribution in [2.24, 2.45) is 5.41 Å². The Morgan fingerprint density at radius 1 is 1.25 bits per heavy atom. The highest BCUT2D eigenvalue weighted by Crippen LogP contribution is 2.38. The van der Waals surface area contributed by atoms with Gasteiger partial charge in [0.1, 0.15) is 0 Å². The van der Waals surface area contributed by atoms with Gasteiger partial charge in [-0.25, -0.2) is 4.98 Å². The molecular weight excluding hydrogens is 296 g/mol. The molecule has 0 atom stereocenters. The highest BCUT2D eigenvalue weighted by Gasteiger charge is 2.25. The molecule has 1 heterocycles. The zero-order valence-electron chi connectivity index (χ0n) is 15.0. The minimum Gasteiger partial charge on any atom is -0.350 e. The fourth-order valence-electron chi connectivity index (χ4n) is 3.17. The van der Waals surface area contributed by atoms with Crippen LogP contribution in [-0.4, -0.2) is 16.9 Å². The van der Waals surface area contributed by atoms with Crippen LogP contribution < -0.4 is 5.32 Å². The van der Waals surface area contributed by atoms with Crippen molar-refractivity contribution in [3.63, 3.8) is 0 Å². The van der Waals surface area contributed by atoms with Crippen molar-refractivity contribution in [3.05, 3.63) is 47.7 Å². The summed E-state index contributed by atoms with van der Waals surface area (Å²) >= 11 is 0. The number of hydrogen-bond acceptors (Lipinski definition) is 2. The lowest BCUT2D eigenvalue weighted by molar-refractivity contribution is 0.0942. The van der Waals surface area contributed by atoms with E-state index in [4.69, 9.17) is 4.98 Å². The van der Waals surface area contributed by atoms with Crippen LogP contribution in [-0.2, 0) is 0 Å². The zero-order chi connectivity index (χ0) is 17.3. The second-order valence-corrected chi connectivity index (χ2v) is 7.80. The number of carbonyl (C=O) groups excluding carboxylic acids is 1. The fourth-order valence-corrected chi connectivity index (χ4v) is 3.17. The number of benzene rings is 1. The maximum Gasteiger partial charge on any atom is 0.253 e. The monoisotopic (exact) mass is 322 g/mol. The van der Waals surface area contributed by atoms with Crippen LogP contribution in [0.1, 0.15) is 63.0 Å². The Bertz CT molecular complexity index is 803. The van der Waals surface area contributed by atoms with Gasteiger partial charge in [-0.3, -0.25) is 4.79 Å². The Labute approximate surface area is 144 Å². The number of para-hydroxylation sites is 1. The van der Waals surface area contributed by atoms with Gasteiger partial charge >= 0.3 is 0 Å². The summed E-state index contributed by atoms with van der Waals surface area (Å²) in [5.74, 6) is -0.0380. The summed E-state index contributed by atoms with van der Waals surface area (Å²) in [4.78, 5) is 17.6. The lowest BCUT2D eigenvalue weighted by Crippen LogP contribution is -2.31. The number of allylic oxidation sites excluding steroid dienone is 2. The maximum absolute atomic E-state index is 12.7. The molecule has 1 aromatic carbocycles. The van der Waals surface area contributed by atoms with Crippen molar-refractivity contribution in [2.45, 2.75) is 53.0 Å². The third-order valence-electron chi connectivity index (χ3n) is 4.66. The SMILES string of the molecule is CC(C)NC(=O)c1cc2ccccc2nc1C1=CCC(C)(C)CC1. The Hall–Kier alpha value is -2.16. The van der Waals surface area contributed by atoms with Gasteiger partial charge in [0.2, 0.25) is 0 Å². The third-order valence-corrected chi connectivity index (χ3v) is 4.66. The summed E-state index contributed by atoms with van der Waals surface area (Å²) in [6.07, 6.45) is 5.40. The fraction of sp³-hybridized carbons (Fsp3) is 0.429. The van der Waals surface area contributed by atoms with Gasteiger partial charge in [-0.05, 0) is 56.2 Å². The van der Waals surface area contributed by atoms with Gasteiger partial charge in [0.05, 0.1) is 16.8 Å². The standard InChI is InChI=1S/C21H26N2O/c1-14(2)22-20(24)17-13-16-7-5-6-8-18(16)23-19(17)15-9-11-21(3,4)12-10-15/h5-9,13-14H,10-12H2,1-4H3,(H,22,24). The maximum atomic E-state index is 12.7. The molecule has 2 aromatic rings. The molecule has 0 saturated heterocycles. The second kappa shape index (κ2) is 6.39. The topological polar surface area (TPSA) is 42.0 Å². The predicted molar refractivity (Wildman–Crippen MR) is 100.0 cm³/mol. The third kappa shape index (κ3) is 3.50. The molecule has 0 fully saturated rings. The first-order chi connectivity index (χ1) is 11.4. The van der Waals surface area contributed by atoms with Crippen LogP contribution in [0, 0.1) is 5.41 Å². The van der Waals surface area contributed by atoms with Crippen LogP contribution in [0.4, 0.5) is 0 Å². The summed E-state index contributed by atoms with van der Waals surface area (Å²) in [5.41, 5.74) is 4.02. The number of carbonyl (C=O) groups is 1. The number of aromatic nitrogens is 1. The summed E-state index contributed by atoms with van der Waals surface area (Å²) in [7, 11) is 0. The van der Waals surface area contributed by atoms with Gasteiger partial charge in [0.15, 0.2) is 0 Å². The number of rotatable bonds is 3. The Morgan fingerprint density at radius 2 is 2.00 bits per heavy atom. The lowest BCUT2D eigenvalue weighted by atomic mass is 9.77. The van der Waals surface area contributed by atoms with E-state index in [-0.39, 0.29) is 11.9 Å². The van der Waals surface area contributed by atoms with Crippen LogP contribution in [0.15, 0.2) is 36.4 Å². The molecule has 1 aromatic heterocycles. The average molecular weight is 322 g/mol. The molecule has 1 aliphatic carbocycles.